The Bertz CT molecular complexity index is 376. The van der Waals surface area contributed by atoms with Crippen molar-refractivity contribution >= 4 is 15.9 Å². The van der Waals surface area contributed by atoms with Gasteiger partial charge in [-0.3, -0.25) is 4.98 Å². The van der Waals surface area contributed by atoms with E-state index in [1.807, 2.05) is 0 Å². The number of hydrogen-bond donors (Lipinski definition) is 3. The first-order valence-corrected chi connectivity index (χ1v) is 5.67. The van der Waals surface area contributed by atoms with Gasteiger partial charge in [-0.2, -0.15) is 0 Å². The fourth-order valence-electron chi connectivity index (χ4n) is 1.73. The van der Waals surface area contributed by atoms with Gasteiger partial charge in [0.25, 0.3) is 0 Å². The van der Waals surface area contributed by atoms with E-state index in [1.165, 1.54) is 0 Å². The highest BCUT2D eigenvalue weighted by Crippen LogP contribution is 2.35. The lowest BCUT2D eigenvalue weighted by Gasteiger charge is -2.14. The Morgan fingerprint density at radius 1 is 1.38 bits per heavy atom. The number of aromatic nitrogens is 1. The van der Waals surface area contributed by atoms with Crippen LogP contribution in [0.5, 0.6) is 0 Å². The van der Waals surface area contributed by atoms with Crippen molar-refractivity contribution in [2.45, 2.75) is 24.4 Å². The molecule has 2 rings (SSSR count). The summed E-state index contributed by atoms with van der Waals surface area (Å²) in [4.78, 5) is 4.09. The molecule has 5 nitrogen and oxygen atoms in total. The number of halogens is 1. The molecule has 1 aromatic heterocycles. The fraction of sp³-hybridized carbons (Fsp3) is 0.500. The summed E-state index contributed by atoms with van der Waals surface area (Å²) < 4.78 is 6.06. The Morgan fingerprint density at radius 2 is 2.12 bits per heavy atom. The predicted molar refractivity (Wildman–Crippen MR) is 58.7 cm³/mol. The van der Waals surface area contributed by atoms with Crippen LogP contribution < -0.4 is 0 Å². The van der Waals surface area contributed by atoms with Gasteiger partial charge >= 0.3 is 0 Å². The van der Waals surface area contributed by atoms with Gasteiger partial charge < -0.3 is 20.1 Å². The molecule has 0 unspecified atom stereocenters. The minimum Gasteiger partial charge on any atom is -0.394 e. The minimum atomic E-state index is -1.09. The van der Waals surface area contributed by atoms with Gasteiger partial charge in [0, 0.05) is 10.7 Å². The van der Waals surface area contributed by atoms with Crippen LogP contribution in [0.15, 0.2) is 22.8 Å². The second kappa shape index (κ2) is 4.77. The van der Waals surface area contributed by atoms with Crippen molar-refractivity contribution in [3.8, 4) is 0 Å². The van der Waals surface area contributed by atoms with Crippen molar-refractivity contribution in [1.29, 1.82) is 0 Å². The van der Waals surface area contributed by atoms with Crippen LogP contribution in [-0.4, -0.2) is 45.2 Å². The molecule has 1 aromatic rings. The normalized spacial score (nSPS) is 34.2. The molecule has 0 spiro atoms. The maximum Gasteiger partial charge on any atom is 0.130 e. The number of pyridine rings is 1. The second-order valence-corrected chi connectivity index (χ2v) is 4.48. The van der Waals surface area contributed by atoms with E-state index in [4.69, 9.17) is 9.84 Å². The third-order valence-corrected chi connectivity index (χ3v) is 3.27. The lowest BCUT2D eigenvalue weighted by molar-refractivity contribution is -0.0241. The van der Waals surface area contributed by atoms with E-state index >= 15 is 0 Å². The summed E-state index contributed by atoms with van der Waals surface area (Å²) in [6, 6.07) is 3.52. The highest BCUT2D eigenvalue weighted by atomic mass is 79.9. The average Bonchev–Trinajstić information content (AvgIpc) is 2.57. The van der Waals surface area contributed by atoms with Crippen LogP contribution >= 0.6 is 15.9 Å². The standard InChI is InChI=1S/C10H12BrNO4/c11-5-2-1-3-12-7(5)10-9(15)8(14)6(4-13)16-10/h1-3,6,8-10,13-15H,4H2/t6-,8-,9-,10-/m1/s1. The lowest BCUT2D eigenvalue weighted by Crippen LogP contribution is -2.32. The Labute approximate surface area is 101 Å². The van der Waals surface area contributed by atoms with Crippen molar-refractivity contribution in [2.24, 2.45) is 0 Å². The van der Waals surface area contributed by atoms with Crippen molar-refractivity contribution in [3.05, 3.63) is 28.5 Å². The molecule has 0 amide bonds. The number of rotatable bonds is 2. The van der Waals surface area contributed by atoms with E-state index in [2.05, 4.69) is 20.9 Å². The molecule has 1 aliphatic heterocycles. The van der Waals surface area contributed by atoms with E-state index in [0.29, 0.717) is 10.2 Å². The molecule has 0 aliphatic carbocycles. The second-order valence-electron chi connectivity index (χ2n) is 3.63. The zero-order chi connectivity index (χ0) is 11.7. The molecule has 0 aromatic carbocycles. The lowest BCUT2D eigenvalue weighted by atomic mass is 10.1. The molecule has 1 aliphatic rings. The molecule has 1 saturated heterocycles. The molecule has 3 N–H and O–H groups in total. The largest absolute Gasteiger partial charge is 0.394 e. The third-order valence-electron chi connectivity index (χ3n) is 2.60. The zero-order valence-corrected chi connectivity index (χ0v) is 9.91. The summed E-state index contributed by atoms with van der Waals surface area (Å²) in [5.74, 6) is 0. The number of aliphatic hydroxyl groups is 3. The summed E-state index contributed by atoms with van der Waals surface area (Å²) in [6.45, 7) is -0.334. The first-order valence-electron chi connectivity index (χ1n) is 4.88. The highest BCUT2D eigenvalue weighted by Gasteiger charge is 2.44. The summed E-state index contributed by atoms with van der Waals surface area (Å²) in [5.41, 5.74) is 0.519. The molecule has 88 valence electrons. The van der Waals surface area contributed by atoms with Crippen LogP contribution in [0, 0.1) is 0 Å². The van der Waals surface area contributed by atoms with Crippen molar-refractivity contribution in [2.75, 3.05) is 6.61 Å². The van der Waals surface area contributed by atoms with Gasteiger partial charge in [0.2, 0.25) is 0 Å². The molecule has 6 heteroatoms. The quantitative estimate of drug-likeness (QED) is 0.714. The highest BCUT2D eigenvalue weighted by molar-refractivity contribution is 9.10. The third kappa shape index (κ3) is 1.99. The van der Waals surface area contributed by atoms with Gasteiger partial charge in [-0.15, -0.1) is 0 Å². The van der Waals surface area contributed by atoms with Crippen LogP contribution in [0.4, 0.5) is 0 Å². The van der Waals surface area contributed by atoms with E-state index < -0.39 is 24.4 Å². The Morgan fingerprint density at radius 3 is 2.69 bits per heavy atom. The molecule has 2 heterocycles. The van der Waals surface area contributed by atoms with Gasteiger partial charge in [0.15, 0.2) is 0 Å². The topological polar surface area (TPSA) is 82.8 Å². The van der Waals surface area contributed by atoms with E-state index in [-0.39, 0.29) is 6.61 Å². The fourth-order valence-corrected chi connectivity index (χ4v) is 2.21. The first kappa shape index (κ1) is 11.9. The van der Waals surface area contributed by atoms with E-state index in [0.717, 1.165) is 0 Å². The van der Waals surface area contributed by atoms with Crippen LogP contribution in [-0.2, 0) is 4.74 Å². The maximum absolute atomic E-state index is 9.79. The van der Waals surface area contributed by atoms with Gasteiger partial charge in [-0.1, -0.05) is 0 Å². The molecule has 0 radical (unpaired) electrons. The van der Waals surface area contributed by atoms with Crippen molar-refractivity contribution in [1.82, 2.24) is 4.98 Å². The van der Waals surface area contributed by atoms with E-state index in [1.54, 1.807) is 18.3 Å². The molecular formula is C10H12BrNO4. The van der Waals surface area contributed by atoms with E-state index in [9.17, 15) is 10.2 Å². The van der Waals surface area contributed by atoms with Crippen molar-refractivity contribution in [3.63, 3.8) is 0 Å². The summed E-state index contributed by atoms with van der Waals surface area (Å²) >= 11 is 3.30. The van der Waals surface area contributed by atoms with Gasteiger partial charge in [0.05, 0.1) is 12.3 Å². The predicted octanol–water partition coefficient (Wildman–Crippen LogP) is -0.00190. The Balaban J connectivity index is 2.26. The van der Waals surface area contributed by atoms with Crippen LogP contribution in [0.3, 0.4) is 0 Å². The number of aliphatic hydroxyl groups excluding tert-OH is 3. The number of hydrogen-bond acceptors (Lipinski definition) is 5. The average molecular weight is 290 g/mol. The van der Waals surface area contributed by atoms with Gasteiger partial charge in [0.1, 0.15) is 24.4 Å². The molecule has 1 fully saturated rings. The SMILES string of the molecule is OC[C@H]1O[C@H](c2ncccc2Br)[C@H](O)[C@@H]1O. The smallest absolute Gasteiger partial charge is 0.130 e. The summed E-state index contributed by atoms with van der Waals surface area (Å²) in [6.07, 6.45) is -2.08. The van der Waals surface area contributed by atoms with Crippen LogP contribution in [0.1, 0.15) is 11.8 Å². The van der Waals surface area contributed by atoms with Gasteiger partial charge in [-0.05, 0) is 28.1 Å². The van der Waals surface area contributed by atoms with Crippen LogP contribution in [0.25, 0.3) is 0 Å². The first-order chi connectivity index (χ1) is 7.65. The molecule has 0 bridgehead atoms. The summed E-state index contributed by atoms with van der Waals surface area (Å²) in [7, 11) is 0. The Hall–Kier alpha value is -0.530. The zero-order valence-electron chi connectivity index (χ0n) is 8.32. The number of nitrogens with zero attached hydrogens (tertiary/aromatic N) is 1. The minimum absolute atomic E-state index is 0.334. The number of ether oxygens (including phenoxy) is 1. The summed E-state index contributed by atoms with van der Waals surface area (Å²) in [5, 5.41) is 28.4. The molecule has 16 heavy (non-hydrogen) atoms. The van der Waals surface area contributed by atoms with Crippen LogP contribution in [0.2, 0.25) is 0 Å². The molecular weight excluding hydrogens is 278 g/mol. The maximum atomic E-state index is 9.79. The molecule has 0 saturated carbocycles. The Kier molecular flexibility index (Phi) is 3.56. The molecule has 4 atom stereocenters. The monoisotopic (exact) mass is 289 g/mol. The van der Waals surface area contributed by atoms with Gasteiger partial charge in [-0.25, -0.2) is 0 Å². The van der Waals surface area contributed by atoms with Crippen molar-refractivity contribution < 1.29 is 20.1 Å².